The highest BCUT2D eigenvalue weighted by molar-refractivity contribution is 5.90. The monoisotopic (exact) mass is 389 g/mol. The van der Waals surface area contributed by atoms with E-state index in [0.717, 1.165) is 33.8 Å². The van der Waals surface area contributed by atoms with Crippen molar-refractivity contribution >= 4 is 28.2 Å². The van der Waals surface area contributed by atoms with Crippen molar-refractivity contribution in [3.8, 4) is 22.9 Å². The van der Waals surface area contributed by atoms with Crippen LogP contribution in [0.4, 0.5) is 17.2 Å². The fourth-order valence-corrected chi connectivity index (χ4v) is 3.15. The van der Waals surface area contributed by atoms with Gasteiger partial charge in [0.05, 0.1) is 19.7 Å². The molecule has 0 unspecified atom stereocenters. The summed E-state index contributed by atoms with van der Waals surface area (Å²) in [5.41, 5.74) is 4.63. The number of anilines is 3. The van der Waals surface area contributed by atoms with E-state index in [1.54, 1.807) is 20.4 Å². The van der Waals surface area contributed by atoms with Gasteiger partial charge in [0.2, 0.25) is 0 Å². The number of fused-ring (bicyclic) bond motifs is 1. The van der Waals surface area contributed by atoms with Crippen LogP contribution in [0.3, 0.4) is 0 Å². The minimum Gasteiger partial charge on any atom is -0.493 e. The second-order valence-corrected chi connectivity index (χ2v) is 6.78. The van der Waals surface area contributed by atoms with Crippen molar-refractivity contribution < 1.29 is 9.47 Å². The third-order valence-electron chi connectivity index (χ3n) is 4.68. The first kappa shape index (κ1) is 18.6. The molecule has 0 spiro atoms. The van der Waals surface area contributed by atoms with Crippen molar-refractivity contribution in [2.24, 2.45) is 0 Å². The molecule has 0 radical (unpaired) electrons. The summed E-state index contributed by atoms with van der Waals surface area (Å²) in [5, 5.41) is 3.38. The number of ether oxygens (including phenoxy) is 2. The van der Waals surface area contributed by atoms with Crippen molar-refractivity contribution in [2.45, 2.75) is 0 Å². The van der Waals surface area contributed by atoms with Gasteiger partial charge in [0.1, 0.15) is 11.3 Å². The van der Waals surface area contributed by atoms with Crippen molar-refractivity contribution in [2.75, 3.05) is 38.5 Å². The molecule has 0 amide bonds. The largest absolute Gasteiger partial charge is 0.493 e. The zero-order valence-electron chi connectivity index (χ0n) is 16.9. The van der Waals surface area contributed by atoms with Gasteiger partial charge in [-0.25, -0.2) is 9.97 Å². The van der Waals surface area contributed by atoms with Gasteiger partial charge in [0.25, 0.3) is 0 Å². The first-order valence-corrected chi connectivity index (χ1v) is 9.20. The summed E-state index contributed by atoms with van der Waals surface area (Å²) < 4.78 is 10.7. The van der Waals surface area contributed by atoms with E-state index >= 15 is 0 Å². The average molecular weight is 389 g/mol. The molecule has 4 rings (SSSR count). The highest BCUT2D eigenvalue weighted by Crippen LogP contribution is 2.33. The maximum atomic E-state index is 5.41. The topological polar surface area (TPSA) is 75.3 Å². The lowest BCUT2D eigenvalue weighted by Gasteiger charge is -2.14. The van der Waals surface area contributed by atoms with Gasteiger partial charge in [-0.05, 0) is 42.5 Å². The van der Waals surface area contributed by atoms with Crippen LogP contribution in [0.5, 0.6) is 11.5 Å². The number of aromatic amines is 1. The van der Waals surface area contributed by atoms with Gasteiger partial charge in [0, 0.05) is 37.2 Å². The van der Waals surface area contributed by atoms with Crippen LogP contribution >= 0.6 is 0 Å². The number of pyridine rings is 1. The van der Waals surface area contributed by atoms with E-state index in [0.29, 0.717) is 17.3 Å². The molecule has 4 aromatic rings. The van der Waals surface area contributed by atoms with Crippen molar-refractivity contribution in [1.29, 1.82) is 0 Å². The first-order valence-electron chi connectivity index (χ1n) is 9.20. The van der Waals surface area contributed by atoms with Gasteiger partial charge in [-0.1, -0.05) is 6.07 Å². The Labute approximate surface area is 169 Å². The van der Waals surface area contributed by atoms with Crippen LogP contribution in [0.25, 0.3) is 22.4 Å². The Morgan fingerprint density at radius 1 is 0.966 bits per heavy atom. The van der Waals surface area contributed by atoms with E-state index < -0.39 is 0 Å². The molecule has 29 heavy (non-hydrogen) atoms. The van der Waals surface area contributed by atoms with Gasteiger partial charge < -0.3 is 24.7 Å². The van der Waals surface area contributed by atoms with E-state index in [2.05, 4.69) is 32.3 Å². The van der Waals surface area contributed by atoms with Gasteiger partial charge in [-0.2, -0.15) is 0 Å². The predicted molar refractivity (Wildman–Crippen MR) is 116 cm³/mol. The number of H-pyrrole nitrogens is 1. The third-order valence-corrected chi connectivity index (χ3v) is 4.68. The number of hydrogen-bond acceptors (Lipinski definition) is 6. The van der Waals surface area contributed by atoms with Gasteiger partial charge in [-0.15, -0.1) is 0 Å². The van der Waals surface area contributed by atoms with Crippen LogP contribution in [-0.2, 0) is 0 Å². The Kier molecular flexibility index (Phi) is 4.95. The number of nitrogens with one attached hydrogen (secondary N) is 2. The Morgan fingerprint density at radius 2 is 1.79 bits per heavy atom. The molecule has 2 N–H and O–H groups in total. The molecule has 2 aromatic heterocycles. The molecule has 0 aliphatic carbocycles. The summed E-state index contributed by atoms with van der Waals surface area (Å²) in [6, 6.07) is 15.8. The lowest BCUT2D eigenvalue weighted by Crippen LogP contribution is -2.08. The lowest BCUT2D eigenvalue weighted by molar-refractivity contribution is 0.355. The minimum absolute atomic E-state index is 0.655. The average Bonchev–Trinajstić information content (AvgIpc) is 3.19. The fraction of sp³-hybridized carbons (Fsp3) is 0.182. The SMILES string of the molecule is COc1ccc(-c2nc3c(Nc4cccc(N(C)C)c4)nccc3[nH]2)cc1OC. The third kappa shape index (κ3) is 3.67. The molecule has 0 atom stereocenters. The molecular formula is C22H23N5O2. The second-order valence-electron chi connectivity index (χ2n) is 6.78. The van der Waals surface area contributed by atoms with E-state index in [1.807, 2.05) is 50.5 Å². The molecule has 7 nitrogen and oxygen atoms in total. The summed E-state index contributed by atoms with van der Waals surface area (Å²) in [6.07, 6.45) is 1.76. The standard InChI is InChI=1S/C22H23N5O2/c1-27(2)16-7-5-6-15(13-16)24-22-20-17(10-11-23-22)25-21(26-20)14-8-9-18(28-3)19(12-14)29-4/h5-13H,1-4H3,(H,23,24)(H,25,26). The minimum atomic E-state index is 0.655. The van der Waals surface area contributed by atoms with Gasteiger partial charge in [-0.3, -0.25) is 0 Å². The van der Waals surface area contributed by atoms with Crippen LogP contribution in [0.15, 0.2) is 54.7 Å². The van der Waals surface area contributed by atoms with Gasteiger partial charge >= 0.3 is 0 Å². The van der Waals surface area contributed by atoms with Crippen molar-refractivity contribution in [3.05, 3.63) is 54.7 Å². The number of nitrogens with zero attached hydrogens (tertiary/aromatic N) is 3. The van der Waals surface area contributed by atoms with E-state index in [-0.39, 0.29) is 0 Å². The number of rotatable bonds is 6. The van der Waals surface area contributed by atoms with Crippen molar-refractivity contribution in [3.63, 3.8) is 0 Å². The van der Waals surface area contributed by atoms with Gasteiger partial charge in [0.15, 0.2) is 17.3 Å². The predicted octanol–water partition coefficient (Wildman–Crippen LogP) is 4.45. The molecule has 2 heterocycles. The summed E-state index contributed by atoms with van der Waals surface area (Å²) in [6.45, 7) is 0. The Hall–Kier alpha value is -3.74. The summed E-state index contributed by atoms with van der Waals surface area (Å²) in [5.74, 6) is 2.76. The summed E-state index contributed by atoms with van der Waals surface area (Å²) in [7, 11) is 7.27. The van der Waals surface area contributed by atoms with E-state index in [9.17, 15) is 0 Å². The van der Waals surface area contributed by atoms with Crippen LogP contribution in [0.1, 0.15) is 0 Å². The molecular weight excluding hydrogens is 366 g/mol. The maximum Gasteiger partial charge on any atom is 0.161 e. The maximum absolute atomic E-state index is 5.41. The Morgan fingerprint density at radius 3 is 2.55 bits per heavy atom. The highest BCUT2D eigenvalue weighted by atomic mass is 16.5. The Bertz CT molecular complexity index is 1150. The molecule has 0 saturated carbocycles. The number of methoxy groups -OCH3 is 2. The highest BCUT2D eigenvalue weighted by Gasteiger charge is 2.13. The van der Waals surface area contributed by atoms with E-state index in [1.165, 1.54) is 0 Å². The van der Waals surface area contributed by atoms with Crippen LogP contribution in [0.2, 0.25) is 0 Å². The second kappa shape index (κ2) is 7.71. The number of hydrogen-bond donors (Lipinski definition) is 2. The fourth-order valence-electron chi connectivity index (χ4n) is 3.15. The zero-order valence-corrected chi connectivity index (χ0v) is 16.9. The molecule has 148 valence electrons. The molecule has 2 aromatic carbocycles. The molecule has 7 heteroatoms. The number of benzene rings is 2. The molecule has 0 aliphatic rings. The molecule has 0 saturated heterocycles. The van der Waals surface area contributed by atoms with Crippen LogP contribution in [-0.4, -0.2) is 43.3 Å². The molecule has 0 fully saturated rings. The normalized spacial score (nSPS) is 10.8. The quantitative estimate of drug-likeness (QED) is 0.507. The molecule has 0 bridgehead atoms. The molecule has 0 aliphatic heterocycles. The Balaban J connectivity index is 1.72. The van der Waals surface area contributed by atoms with E-state index in [4.69, 9.17) is 14.5 Å². The smallest absolute Gasteiger partial charge is 0.161 e. The first-order chi connectivity index (χ1) is 14.1. The number of aromatic nitrogens is 3. The lowest BCUT2D eigenvalue weighted by atomic mass is 10.2. The zero-order chi connectivity index (χ0) is 20.4. The summed E-state index contributed by atoms with van der Waals surface area (Å²) >= 11 is 0. The van der Waals surface area contributed by atoms with Crippen LogP contribution in [0, 0.1) is 0 Å². The van der Waals surface area contributed by atoms with Crippen LogP contribution < -0.4 is 19.7 Å². The summed E-state index contributed by atoms with van der Waals surface area (Å²) in [4.78, 5) is 14.7. The van der Waals surface area contributed by atoms with Crippen molar-refractivity contribution in [1.82, 2.24) is 15.0 Å². The number of imidazole rings is 1.